The number of ether oxygens (including phenoxy) is 1. The van der Waals surface area contributed by atoms with Gasteiger partial charge in [-0.2, -0.15) is 0 Å². The summed E-state index contributed by atoms with van der Waals surface area (Å²) in [6, 6.07) is 0. The van der Waals surface area contributed by atoms with Gasteiger partial charge in [0.15, 0.2) is 0 Å². The first-order valence-electron chi connectivity index (χ1n) is 25.1. The Labute approximate surface area is 367 Å². The standard InChI is InChI=1S/C12H21O4Si.9C4H9.3Sn/c1-12(2,3)17(4,5)16-9-6-7-15-10(8-13)11(9)14;9*1-3-4-2;;;/h6-7,9-11H,4,8H2,1-3,5H3;9*1,3-4H2,2H3;;;/q-2;;;;;;;;;;;2*+1/t9-,10-,11+,17?;;;;;;;;;;;;/m1............/s1. The molecular weight excluding hydrogens is 1020 g/mol. The van der Waals surface area contributed by atoms with Crippen molar-refractivity contribution in [2.45, 2.75) is 273 Å². The third-order valence-electron chi connectivity index (χ3n) is 13.9. The molecular formula is C48H102O4SiSn3. The average Bonchev–Trinajstić information content (AvgIpc) is 3.18. The number of hydrogen-bond acceptors (Lipinski definition) is 4. The zero-order valence-corrected chi connectivity index (χ0v) is 50.1. The SMILES string of the molecule is CCC[CH2][Sn]([CH2]CCC)([CH2]CCC)[CH2][Si](C)(O[C@@H]1C=CO[C@H](C[O][Sn]([CH2]CCC)([CH2]CCC)[CH2]CCC)[C@H]1[O][Sn]([CH2]CCC)([CH2]CCC)[CH2]CCC)C(C)(C)C. The molecule has 0 saturated carbocycles. The van der Waals surface area contributed by atoms with Crippen LogP contribution in [0.2, 0.25) is 55.6 Å². The number of hydrogen-bond donors (Lipinski definition) is 0. The second kappa shape index (κ2) is 31.0. The minimum atomic E-state index is -3.09. The van der Waals surface area contributed by atoms with Crippen LogP contribution in [-0.2, 0) is 15.3 Å². The molecule has 0 fully saturated rings. The van der Waals surface area contributed by atoms with Crippen LogP contribution in [0, 0.1) is 0 Å². The van der Waals surface area contributed by atoms with Crippen LogP contribution in [0.15, 0.2) is 12.3 Å². The van der Waals surface area contributed by atoms with Crippen LogP contribution >= 0.6 is 0 Å². The summed E-state index contributed by atoms with van der Waals surface area (Å²) in [6.45, 7) is 32.5. The van der Waals surface area contributed by atoms with E-state index >= 15 is 0 Å². The maximum absolute atomic E-state index is 8.09. The molecule has 1 aliphatic heterocycles. The van der Waals surface area contributed by atoms with Gasteiger partial charge < -0.3 is 0 Å². The second-order valence-corrected chi connectivity index (χ2v) is 63.9. The van der Waals surface area contributed by atoms with Crippen molar-refractivity contribution >= 4 is 64.3 Å². The normalized spacial score (nSPS) is 19.3. The van der Waals surface area contributed by atoms with Crippen molar-refractivity contribution in [2.75, 3.05) is 6.61 Å². The quantitative estimate of drug-likeness (QED) is 0.0586. The van der Waals surface area contributed by atoms with Crippen LogP contribution in [0.3, 0.4) is 0 Å². The molecule has 0 aromatic carbocycles. The van der Waals surface area contributed by atoms with E-state index < -0.39 is 64.3 Å². The van der Waals surface area contributed by atoms with Crippen molar-refractivity contribution in [1.29, 1.82) is 0 Å². The van der Waals surface area contributed by atoms with Crippen molar-refractivity contribution in [3.8, 4) is 0 Å². The predicted octanol–water partition coefficient (Wildman–Crippen LogP) is 17.1. The van der Waals surface area contributed by atoms with Crippen LogP contribution in [0.4, 0.5) is 0 Å². The summed E-state index contributed by atoms with van der Waals surface area (Å²) in [4.78, 5) is 0. The molecule has 0 N–H and O–H groups in total. The summed E-state index contributed by atoms with van der Waals surface area (Å²) >= 11 is -8.53. The molecule has 0 aromatic heterocycles. The van der Waals surface area contributed by atoms with E-state index in [0.29, 0.717) is 6.61 Å². The van der Waals surface area contributed by atoms with Gasteiger partial charge in [0, 0.05) is 0 Å². The molecule has 56 heavy (non-hydrogen) atoms. The van der Waals surface area contributed by atoms with Crippen molar-refractivity contribution in [1.82, 2.24) is 0 Å². The Morgan fingerprint density at radius 2 is 0.893 bits per heavy atom. The fraction of sp³-hybridized carbons (Fsp3) is 0.958. The topological polar surface area (TPSA) is 36.9 Å². The summed E-state index contributed by atoms with van der Waals surface area (Å²) in [5.41, 5.74) is 0. The van der Waals surface area contributed by atoms with Gasteiger partial charge in [-0.1, -0.05) is 0 Å². The van der Waals surface area contributed by atoms with E-state index in [1.807, 2.05) is 6.26 Å². The molecule has 8 heteroatoms. The Balaban J connectivity index is 3.91. The first kappa shape index (κ1) is 56.1. The molecule has 4 atom stereocenters. The van der Waals surface area contributed by atoms with Gasteiger partial charge in [0.05, 0.1) is 0 Å². The summed E-state index contributed by atoms with van der Waals surface area (Å²) < 4.78 is 44.8. The van der Waals surface area contributed by atoms with Gasteiger partial charge in [-0.3, -0.25) is 0 Å². The predicted molar refractivity (Wildman–Crippen MR) is 261 cm³/mol. The van der Waals surface area contributed by atoms with E-state index in [2.05, 4.69) is 95.7 Å². The fourth-order valence-corrected chi connectivity index (χ4v) is 74.4. The van der Waals surface area contributed by atoms with Crippen LogP contribution in [0.1, 0.15) is 199 Å². The molecule has 0 saturated heterocycles. The van der Waals surface area contributed by atoms with Crippen LogP contribution < -0.4 is 0 Å². The second-order valence-electron chi connectivity index (χ2n) is 19.9. The van der Waals surface area contributed by atoms with E-state index in [-0.39, 0.29) is 23.4 Å². The van der Waals surface area contributed by atoms with Gasteiger partial charge in [0.25, 0.3) is 0 Å². The molecule has 1 rings (SSSR count). The zero-order chi connectivity index (χ0) is 42.0. The molecule has 334 valence electrons. The number of unbranched alkanes of at least 4 members (excludes halogenated alkanes) is 9. The Morgan fingerprint density at radius 1 is 0.536 bits per heavy atom. The van der Waals surface area contributed by atoms with Crippen molar-refractivity contribution < 1.29 is 15.3 Å². The molecule has 0 radical (unpaired) electrons. The first-order chi connectivity index (χ1) is 26.8. The van der Waals surface area contributed by atoms with Gasteiger partial charge in [0.1, 0.15) is 0 Å². The zero-order valence-electron chi connectivity index (χ0n) is 40.5. The molecule has 1 unspecified atom stereocenters. The third-order valence-corrected chi connectivity index (χ3v) is 69.7. The molecule has 1 heterocycles. The molecule has 0 aromatic rings. The fourth-order valence-electron chi connectivity index (χ4n) is 9.49. The molecule has 0 amide bonds. The molecule has 1 aliphatic rings. The molecule has 0 aliphatic carbocycles. The van der Waals surface area contributed by atoms with Crippen molar-refractivity contribution in [2.24, 2.45) is 0 Å². The Hall–Kier alpha value is 2.03. The summed E-state index contributed by atoms with van der Waals surface area (Å²) in [7, 11) is -2.26. The Morgan fingerprint density at radius 3 is 1.25 bits per heavy atom. The molecule has 4 nitrogen and oxygen atoms in total. The average molecular weight is 1130 g/mol. The van der Waals surface area contributed by atoms with Gasteiger partial charge in [0.2, 0.25) is 0 Å². The third kappa shape index (κ3) is 20.0. The van der Waals surface area contributed by atoms with Crippen molar-refractivity contribution in [3.63, 3.8) is 0 Å². The van der Waals surface area contributed by atoms with Gasteiger partial charge in [-0.25, -0.2) is 0 Å². The van der Waals surface area contributed by atoms with Crippen LogP contribution in [-0.4, -0.2) is 89.2 Å². The Bertz CT molecular complexity index is 925. The molecule has 0 spiro atoms. The van der Waals surface area contributed by atoms with Gasteiger partial charge >= 0.3 is 371 Å². The monoisotopic (exact) mass is 1130 g/mol. The summed E-state index contributed by atoms with van der Waals surface area (Å²) in [6.07, 6.45) is 27.9. The molecule has 0 bridgehead atoms. The first-order valence-corrected chi connectivity index (χ1v) is 50.2. The van der Waals surface area contributed by atoms with E-state index in [0.717, 1.165) is 0 Å². The van der Waals surface area contributed by atoms with Crippen molar-refractivity contribution in [3.05, 3.63) is 12.3 Å². The summed E-state index contributed by atoms with van der Waals surface area (Å²) in [5, 5.41) is 0.154. The Kier molecular flexibility index (Phi) is 31.0. The minimum absolute atomic E-state index is 0.0340. The van der Waals surface area contributed by atoms with Crippen LogP contribution in [0.25, 0.3) is 0 Å². The van der Waals surface area contributed by atoms with Crippen LogP contribution in [0.5, 0.6) is 0 Å². The number of rotatable bonds is 36. The van der Waals surface area contributed by atoms with E-state index in [1.54, 1.807) is 13.3 Å². The van der Waals surface area contributed by atoms with E-state index in [9.17, 15) is 0 Å². The maximum atomic E-state index is 8.09. The van der Waals surface area contributed by atoms with Gasteiger partial charge in [-0.15, -0.1) is 0 Å². The van der Waals surface area contributed by atoms with E-state index in [4.69, 9.17) is 15.3 Å². The summed E-state index contributed by atoms with van der Waals surface area (Å²) in [5.74, 6) is 0. The van der Waals surface area contributed by atoms with E-state index in [1.165, 1.54) is 146 Å². The van der Waals surface area contributed by atoms with Gasteiger partial charge in [-0.05, 0) is 0 Å².